The molecule has 1 aromatic carbocycles. The third kappa shape index (κ3) is 3.41. The molecule has 1 N–H and O–H groups in total. The summed E-state index contributed by atoms with van der Waals surface area (Å²) < 4.78 is 39.8. The third-order valence-corrected chi connectivity index (χ3v) is 2.33. The van der Waals surface area contributed by atoms with E-state index >= 15 is 0 Å². The van der Waals surface area contributed by atoms with Crippen molar-refractivity contribution in [1.29, 1.82) is 0 Å². The van der Waals surface area contributed by atoms with E-state index in [9.17, 15) is 18.0 Å². The van der Waals surface area contributed by atoms with Crippen LogP contribution in [0.25, 0.3) is 0 Å². The zero-order chi connectivity index (χ0) is 12.3. The Balaban J connectivity index is 3.03. The van der Waals surface area contributed by atoms with Crippen LogP contribution in [0, 0.1) is 0 Å². The Morgan fingerprint density at radius 1 is 1.44 bits per heavy atom. The van der Waals surface area contributed by atoms with Crippen molar-refractivity contribution in [3.05, 3.63) is 28.2 Å². The molecule has 0 aliphatic rings. The lowest BCUT2D eigenvalue weighted by Gasteiger charge is -2.10. The minimum atomic E-state index is -4.77. The lowest BCUT2D eigenvalue weighted by molar-refractivity contribution is -0.274. The lowest BCUT2D eigenvalue weighted by atomic mass is 10.2. The summed E-state index contributed by atoms with van der Waals surface area (Å²) in [4.78, 5) is 11.3. The van der Waals surface area contributed by atoms with Gasteiger partial charge < -0.3 is 10.1 Å². The van der Waals surface area contributed by atoms with Crippen molar-refractivity contribution in [1.82, 2.24) is 5.32 Å². The van der Waals surface area contributed by atoms with Crippen LogP contribution >= 0.6 is 15.9 Å². The predicted octanol–water partition coefficient (Wildman–Crippen LogP) is 2.71. The monoisotopic (exact) mass is 297 g/mol. The first kappa shape index (κ1) is 12.8. The van der Waals surface area contributed by atoms with E-state index in [2.05, 4.69) is 26.0 Å². The second-order valence-corrected chi connectivity index (χ2v) is 3.62. The second kappa shape index (κ2) is 4.73. The molecule has 3 nitrogen and oxygen atoms in total. The smallest absolute Gasteiger partial charge is 0.406 e. The van der Waals surface area contributed by atoms with Crippen LogP contribution < -0.4 is 10.1 Å². The molecule has 16 heavy (non-hydrogen) atoms. The number of benzene rings is 1. The van der Waals surface area contributed by atoms with Crippen LogP contribution in [0.4, 0.5) is 13.2 Å². The van der Waals surface area contributed by atoms with E-state index in [0.717, 1.165) is 12.1 Å². The van der Waals surface area contributed by atoms with Crippen molar-refractivity contribution in [3.8, 4) is 5.75 Å². The molecule has 0 bridgehead atoms. The minimum absolute atomic E-state index is 0.0734. The predicted molar refractivity (Wildman–Crippen MR) is 54.2 cm³/mol. The number of amides is 1. The van der Waals surface area contributed by atoms with Gasteiger partial charge in [0.2, 0.25) is 0 Å². The average molecular weight is 298 g/mol. The van der Waals surface area contributed by atoms with Gasteiger partial charge in [0.15, 0.2) is 0 Å². The van der Waals surface area contributed by atoms with E-state index in [1.165, 1.54) is 13.1 Å². The van der Waals surface area contributed by atoms with Crippen LogP contribution in [-0.4, -0.2) is 19.3 Å². The molecular formula is C9H7BrF3NO2. The maximum Gasteiger partial charge on any atom is 0.573 e. The highest BCUT2D eigenvalue weighted by molar-refractivity contribution is 9.10. The highest BCUT2D eigenvalue weighted by Gasteiger charge is 2.31. The summed E-state index contributed by atoms with van der Waals surface area (Å²) in [6.07, 6.45) is -4.77. The van der Waals surface area contributed by atoms with Gasteiger partial charge in [0.25, 0.3) is 5.91 Å². The molecule has 0 heterocycles. The van der Waals surface area contributed by atoms with E-state index in [1.54, 1.807) is 0 Å². The van der Waals surface area contributed by atoms with E-state index in [4.69, 9.17) is 0 Å². The Morgan fingerprint density at radius 2 is 2.06 bits per heavy atom. The number of ether oxygens (including phenoxy) is 1. The third-order valence-electron chi connectivity index (χ3n) is 1.64. The Bertz CT molecular complexity index is 406. The summed E-state index contributed by atoms with van der Waals surface area (Å²) in [5, 5.41) is 2.31. The van der Waals surface area contributed by atoms with Crippen LogP contribution in [-0.2, 0) is 0 Å². The van der Waals surface area contributed by atoms with Gasteiger partial charge in [-0.15, -0.1) is 13.2 Å². The Labute approximate surface area is 97.7 Å². The largest absolute Gasteiger partial charge is 0.573 e. The van der Waals surface area contributed by atoms with Gasteiger partial charge >= 0.3 is 6.36 Å². The molecule has 0 saturated heterocycles. The molecule has 0 unspecified atom stereocenters. The average Bonchev–Trinajstić information content (AvgIpc) is 2.18. The molecule has 0 atom stereocenters. The van der Waals surface area contributed by atoms with Crippen LogP contribution in [0.5, 0.6) is 5.75 Å². The summed E-state index contributed by atoms with van der Waals surface area (Å²) in [7, 11) is 1.38. The van der Waals surface area contributed by atoms with E-state index in [1.807, 2.05) is 0 Å². The van der Waals surface area contributed by atoms with Gasteiger partial charge in [-0.2, -0.15) is 0 Å². The van der Waals surface area contributed by atoms with Gasteiger partial charge in [-0.25, -0.2) is 0 Å². The summed E-state index contributed by atoms with van der Waals surface area (Å²) in [6.45, 7) is 0. The lowest BCUT2D eigenvalue weighted by Crippen LogP contribution is -2.20. The van der Waals surface area contributed by atoms with Crippen molar-refractivity contribution in [2.24, 2.45) is 0 Å². The highest BCUT2D eigenvalue weighted by atomic mass is 79.9. The van der Waals surface area contributed by atoms with Gasteiger partial charge in [-0.05, 0) is 34.1 Å². The number of hydrogen-bond acceptors (Lipinski definition) is 2. The molecule has 0 radical (unpaired) electrons. The molecular weight excluding hydrogens is 291 g/mol. The summed E-state index contributed by atoms with van der Waals surface area (Å²) in [5.74, 6) is -0.936. The number of carbonyl (C=O) groups excluding carboxylic acids is 1. The molecule has 0 spiro atoms. The summed E-state index contributed by atoms with van der Waals surface area (Å²) >= 11 is 3.05. The van der Waals surface area contributed by atoms with Gasteiger partial charge in [0, 0.05) is 11.5 Å². The maximum absolute atomic E-state index is 11.9. The number of alkyl halides is 3. The zero-order valence-corrected chi connectivity index (χ0v) is 9.65. The standard InChI is InChI=1S/C9H7BrF3NO2/c1-14-8(15)6-4-5(2-3-7(6)10)16-9(11,12)13/h2-4H,1H3,(H,14,15). The van der Waals surface area contributed by atoms with Gasteiger partial charge in [0.1, 0.15) is 5.75 Å². The molecule has 7 heteroatoms. The molecule has 0 aromatic heterocycles. The normalized spacial score (nSPS) is 11.1. The van der Waals surface area contributed by atoms with Crippen LogP contribution in [0.2, 0.25) is 0 Å². The molecule has 1 amide bonds. The molecule has 0 saturated carbocycles. The number of carbonyl (C=O) groups is 1. The molecule has 0 aliphatic heterocycles. The first-order valence-electron chi connectivity index (χ1n) is 4.11. The molecule has 0 fully saturated rings. The van der Waals surface area contributed by atoms with Crippen molar-refractivity contribution in [2.75, 3.05) is 7.05 Å². The molecule has 1 aromatic rings. The fourth-order valence-corrected chi connectivity index (χ4v) is 1.44. The highest BCUT2D eigenvalue weighted by Crippen LogP contribution is 2.27. The molecule has 88 valence electrons. The first-order valence-corrected chi connectivity index (χ1v) is 4.90. The number of rotatable bonds is 2. The topological polar surface area (TPSA) is 38.3 Å². The van der Waals surface area contributed by atoms with E-state index < -0.39 is 18.0 Å². The van der Waals surface area contributed by atoms with Crippen LogP contribution in [0.15, 0.2) is 22.7 Å². The second-order valence-electron chi connectivity index (χ2n) is 2.77. The maximum atomic E-state index is 11.9. The summed E-state index contributed by atoms with van der Waals surface area (Å²) in [6, 6.07) is 3.44. The van der Waals surface area contributed by atoms with Crippen molar-refractivity contribution in [3.63, 3.8) is 0 Å². The quantitative estimate of drug-likeness (QED) is 0.911. The van der Waals surface area contributed by atoms with Gasteiger partial charge in [-0.1, -0.05) is 0 Å². The van der Waals surface area contributed by atoms with Crippen LogP contribution in [0.3, 0.4) is 0 Å². The first-order chi connectivity index (χ1) is 7.33. The van der Waals surface area contributed by atoms with Crippen LogP contribution in [0.1, 0.15) is 10.4 Å². The minimum Gasteiger partial charge on any atom is -0.406 e. The SMILES string of the molecule is CNC(=O)c1cc(OC(F)(F)F)ccc1Br. The van der Waals surface area contributed by atoms with Gasteiger partial charge in [0.05, 0.1) is 5.56 Å². The Kier molecular flexibility index (Phi) is 3.79. The fraction of sp³-hybridized carbons (Fsp3) is 0.222. The molecule has 0 aliphatic carbocycles. The molecule has 1 rings (SSSR count). The zero-order valence-electron chi connectivity index (χ0n) is 8.06. The van der Waals surface area contributed by atoms with E-state index in [0.29, 0.717) is 4.47 Å². The van der Waals surface area contributed by atoms with Crippen molar-refractivity contribution < 1.29 is 22.7 Å². The van der Waals surface area contributed by atoms with Crippen molar-refractivity contribution in [2.45, 2.75) is 6.36 Å². The number of hydrogen-bond donors (Lipinski definition) is 1. The Hall–Kier alpha value is -1.24. The van der Waals surface area contributed by atoms with Crippen molar-refractivity contribution >= 4 is 21.8 Å². The van der Waals surface area contributed by atoms with E-state index in [-0.39, 0.29) is 5.56 Å². The summed E-state index contributed by atoms with van der Waals surface area (Å²) in [5.41, 5.74) is 0.0734. The number of nitrogens with one attached hydrogen (secondary N) is 1. The fourth-order valence-electron chi connectivity index (χ4n) is 1.01. The van der Waals surface area contributed by atoms with Gasteiger partial charge in [-0.3, -0.25) is 4.79 Å². The Morgan fingerprint density at radius 3 is 2.56 bits per heavy atom. The number of halogens is 4.